The maximum Gasteiger partial charge on any atom is 0.274 e. The first-order valence-electron chi connectivity index (χ1n) is 8.70. The lowest BCUT2D eigenvalue weighted by Crippen LogP contribution is -2.15. The van der Waals surface area contributed by atoms with Gasteiger partial charge in [0.05, 0.1) is 14.2 Å². The molecular weight excluding hydrogens is 356 g/mol. The number of rotatable bonds is 6. The van der Waals surface area contributed by atoms with E-state index in [2.05, 4.69) is 26.7 Å². The lowest BCUT2D eigenvalue weighted by atomic mass is 10.1. The number of benzene rings is 2. The number of aryl methyl sites for hydroxylation is 2. The van der Waals surface area contributed by atoms with Crippen LogP contribution >= 0.6 is 0 Å². The fourth-order valence-electron chi connectivity index (χ4n) is 2.83. The smallest absolute Gasteiger partial charge is 0.274 e. The van der Waals surface area contributed by atoms with E-state index in [1.807, 2.05) is 26.0 Å². The van der Waals surface area contributed by atoms with Gasteiger partial charge in [0.1, 0.15) is 5.69 Å². The molecular formula is C21H22N4O3. The number of nitrogens with one attached hydrogen (secondary N) is 2. The third kappa shape index (κ3) is 4.56. The third-order valence-electron chi connectivity index (χ3n) is 4.01. The zero-order valence-corrected chi connectivity index (χ0v) is 16.2. The van der Waals surface area contributed by atoms with E-state index in [1.54, 1.807) is 44.7 Å². The molecule has 0 aliphatic carbocycles. The molecule has 0 bridgehead atoms. The van der Waals surface area contributed by atoms with Crippen LogP contribution in [-0.2, 0) is 0 Å². The van der Waals surface area contributed by atoms with Gasteiger partial charge >= 0.3 is 0 Å². The summed E-state index contributed by atoms with van der Waals surface area (Å²) in [6.45, 7) is 4.04. The maximum atomic E-state index is 12.6. The highest BCUT2D eigenvalue weighted by molar-refractivity contribution is 6.03. The highest BCUT2D eigenvalue weighted by Crippen LogP contribution is 2.29. The monoisotopic (exact) mass is 378 g/mol. The average molecular weight is 378 g/mol. The van der Waals surface area contributed by atoms with Crippen molar-refractivity contribution in [2.45, 2.75) is 13.8 Å². The quantitative estimate of drug-likeness (QED) is 0.671. The minimum absolute atomic E-state index is 0.247. The van der Waals surface area contributed by atoms with Gasteiger partial charge in [-0.1, -0.05) is 6.07 Å². The predicted molar refractivity (Wildman–Crippen MR) is 109 cm³/mol. The van der Waals surface area contributed by atoms with Crippen LogP contribution in [-0.4, -0.2) is 30.1 Å². The summed E-state index contributed by atoms with van der Waals surface area (Å²) in [5, 5.41) is 5.94. The normalized spacial score (nSPS) is 10.3. The van der Waals surface area contributed by atoms with Gasteiger partial charge in [0, 0.05) is 23.6 Å². The molecule has 2 aromatic carbocycles. The van der Waals surface area contributed by atoms with E-state index in [4.69, 9.17) is 9.47 Å². The van der Waals surface area contributed by atoms with Gasteiger partial charge in [-0.3, -0.25) is 4.79 Å². The molecule has 0 saturated heterocycles. The minimum Gasteiger partial charge on any atom is -0.493 e. The van der Waals surface area contributed by atoms with Crippen molar-refractivity contribution < 1.29 is 14.3 Å². The number of hydrogen-bond acceptors (Lipinski definition) is 6. The van der Waals surface area contributed by atoms with Crippen LogP contribution < -0.4 is 20.1 Å². The fraction of sp³-hybridized carbons (Fsp3) is 0.190. The Kier molecular flexibility index (Phi) is 5.74. The van der Waals surface area contributed by atoms with Gasteiger partial charge in [0.15, 0.2) is 11.5 Å². The average Bonchev–Trinajstić information content (AvgIpc) is 2.67. The Morgan fingerprint density at radius 2 is 1.61 bits per heavy atom. The Hall–Kier alpha value is -3.61. The van der Waals surface area contributed by atoms with Gasteiger partial charge < -0.3 is 20.1 Å². The Morgan fingerprint density at radius 3 is 2.29 bits per heavy atom. The van der Waals surface area contributed by atoms with Crippen LogP contribution in [0.15, 0.2) is 48.7 Å². The summed E-state index contributed by atoms with van der Waals surface area (Å²) in [6.07, 6.45) is 1.54. The van der Waals surface area contributed by atoms with E-state index in [0.29, 0.717) is 23.1 Å². The predicted octanol–water partition coefficient (Wildman–Crippen LogP) is 4.11. The van der Waals surface area contributed by atoms with Crippen LogP contribution in [0.5, 0.6) is 11.5 Å². The number of ether oxygens (including phenoxy) is 2. The van der Waals surface area contributed by atoms with Gasteiger partial charge in [-0.25, -0.2) is 9.97 Å². The van der Waals surface area contributed by atoms with Crippen LogP contribution in [0.1, 0.15) is 21.6 Å². The molecule has 0 radical (unpaired) electrons. The van der Waals surface area contributed by atoms with Gasteiger partial charge in [-0.05, 0) is 55.3 Å². The number of anilines is 3. The van der Waals surface area contributed by atoms with Crippen LogP contribution in [0, 0.1) is 13.8 Å². The molecule has 3 rings (SSSR count). The summed E-state index contributed by atoms with van der Waals surface area (Å²) in [4.78, 5) is 21.1. The van der Waals surface area contributed by atoms with Crippen molar-refractivity contribution in [3.63, 3.8) is 0 Å². The molecule has 0 aliphatic rings. The molecule has 1 heterocycles. The molecule has 0 saturated carbocycles. The van der Waals surface area contributed by atoms with Gasteiger partial charge in [0.25, 0.3) is 5.91 Å². The van der Waals surface area contributed by atoms with E-state index in [-0.39, 0.29) is 11.6 Å². The van der Waals surface area contributed by atoms with E-state index < -0.39 is 0 Å². The first-order valence-corrected chi connectivity index (χ1v) is 8.70. The standard InChI is InChI=1S/C21H22N4O3/c1-13-9-14(2)11-16(10-13)24-21-22-8-7-17(25-21)20(26)23-15-5-6-18(27-3)19(12-15)28-4/h5-12H,1-4H3,(H,23,26)(H,22,24,25). The first-order chi connectivity index (χ1) is 13.5. The van der Waals surface area contributed by atoms with Crippen molar-refractivity contribution in [1.82, 2.24) is 9.97 Å². The first kappa shape index (κ1) is 19.2. The Morgan fingerprint density at radius 1 is 0.893 bits per heavy atom. The van der Waals surface area contributed by atoms with Crippen molar-refractivity contribution >= 4 is 23.2 Å². The van der Waals surface area contributed by atoms with Gasteiger partial charge in [-0.15, -0.1) is 0 Å². The third-order valence-corrected chi connectivity index (χ3v) is 4.01. The summed E-state index contributed by atoms with van der Waals surface area (Å²) < 4.78 is 10.5. The van der Waals surface area contributed by atoms with Gasteiger partial charge in [-0.2, -0.15) is 0 Å². The number of amides is 1. The molecule has 0 aliphatic heterocycles. The molecule has 28 heavy (non-hydrogen) atoms. The number of carbonyl (C=O) groups is 1. The van der Waals surface area contributed by atoms with Gasteiger partial charge in [0.2, 0.25) is 5.95 Å². The van der Waals surface area contributed by atoms with E-state index in [1.165, 1.54) is 0 Å². The SMILES string of the molecule is COc1ccc(NC(=O)c2ccnc(Nc3cc(C)cc(C)c3)n2)cc1OC. The lowest BCUT2D eigenvalue weighted by molar-refractivity contribution is 0.102. The lowest BCUT2D eigenvalue weighted by Gasteiger charge is -2.11. The summed E-state index contributed by atoms with van der Waals surface area (Å²) in [7, 11) is 3.10. The van der Waals surface area contributed by atoms with Crippen molar-refractivity contribution in [2.75, 3.05) is 24.9 Å². The second-order valence-electron chi connectivity index (χ2n) is 6.29. The highest BCUT2D eigenvalue weighted by Gasteiger charge is 2.12. The minimum atomic E-state index is -0.349. The van der Waals surface area contributed by atoms with Crippen LogP contribution in [0.4, 0.5) is 17.3 Å². The van der Waals surface area contributed by atoms with Crippen LogP contribution in [0.3, 0.4) is 0 Å². The summed E-state index contributed by atoms with van der Waals surface area (Å²) >= 11 is 0. The highest BCUT2D eigenvalue weighted by atomic mass is 16.5. The molecule has 7 heteroatoms. The molecule has 1 aromatic heterocycles. The van der Waals surface area contributed by atoms with Crippen molar-refractivity contribution in [2.24, 2.45) is 0 Å². The van der Waals surface area contributed by atoms with Crippen LogP contribution in [0.25, 0.3) is 0 Å². The second-order valence-corrected chi connectivity index (χ2v) is 6.29. The number of nitrogens with zero attached hydrogens (tertiary/aromatic N) is 2. The molecule has 0 atom stereocenters. The van der Waals surface area contributed by atoms with E-state index in [0.717, 1.165) is 16.8 Å². The molecule has 0 unspecified atom stereocenters. The number of hydrogen-bond donors (Lipinski definition) is 2. The molecule has 3 aromatic rings. The summed E-state index contributed by atoms with van der Waals surface area (Å²) in [6, 6.07) is 12.8. The fourth-order valence-corrected chi connectivity index (χ4v) is 2.83. The molecule has 1 amide bonds. The van der Waals surface area contributed by atoms with Crippen molar-refractivity contribution in [3.8, 4) is 11.5 Å². The van der Waals surface area contributed by atoms with E-state index in [9.17, 15) is 4.79 Å². The molecule has 0 spiro atoms. The van der Waals surface area contributed by atoms with E-state index >= 15 is 0 Å². The maximum absolute atomic E-state index is 12.6. The van der Waals surface area contributed by atoms with Crippen LogP contribution in [0.2, 0.25) is 0 Å². The zero-order valence-electron chi connectivity index (χ0n) is 16.2. The second kappa shape index (κ2) is 8.39. The zero-order chi connectivity index (χ0) is 20.1. The summed E-state index contributed by atoms with van der Waals surface area (Å²) in [5.41, 5.74) is 3.95. The number of methoxy groups -OCH3 is 2. The van der Waals surface area contributed by atoms with Crippen molar-refractivity contribution in [1.29, 1.82) is 0 Å². The summed E-state index contributed by atoms with van der Waals surface area (Å²) in [5.74, 6) is 1.12. The number of carbonyl (C=O) groups excluding carboxylic acids is 1. The molecule has 7 nitrogen and oxygen atoms in total. The Labute approximate surface area is 163 Å². The largest absolute Gasteiger partial charge is 0.493 e. The Bertz CT molecular complexity index is 984. The number of aromatic nitrogens is 2. The topological polar surface area (TPSA) is 85.4 Å². The molecule has 0 fully saturated rings. The molecule has 2 N–H and O–H groups in total. The van der Waals surface area contributed by atoms with Crippen molar-refractivity contribution in [3.05, 3.63) is 65.5 Å². The molecule has 144 valence electrons. The Balaban J connectivity index is 1.77.